The summed E-state index contributed by atoms with van der Waals surface area (Å²) in [6.45, 7) is 1.36. The number of hydrogen-bond donors (Lipinski definition) is 1. The monoisotopic (exact) mass is 302 g/mol. The summed E-state index contributed by atoms with van der Waals surface area (Å²) in [7, 11) is 1.65. The van der Waals surface area contributed by atoms with Crippen molar-refractivity contribution in [3.8, 4) is 5.69 Å². The van der Waals surface area contributed by atoms with Gasteiger partial charge in [-0.2, -0.15) is 5.10 Å². The van der Waals surface area contributed by atoms with Crippen molar-refractivity contribution in [2.75, 3.05) is 19.0 Å². The Kier molecular flexibility index (Phi) is 4.06. The van der Waals surface area contributed by atoms with Crippen LogP contribution in [0.2, 0.25) is 0 Å². The van der Waals surface area contributed by atoms with Crippen LogP contribution in [0.25, 0.3) is 5.69 Å². The van der Waals surface area contributed by atoms with Crippen LogP contribution in [0.5, 0.6) is 0 Å². The average Bonchev–Trinajstić information content (AvgIpc) is 2.71. The largest absolute Gasteiger partial charge is 0.378 e. The van der Waals surface area contributed by atoms with Crippen molar-refractivity contribution in [3.05, 3.63) is 45.6 Å². The minimum Gasteiger partial charge on any atom is -0.378 e. The van der Waals surface area contributed by atoms with E-state index in [4.69, 9.17) is 4.74 Å². The molecule has 0 amide bonds. The summed E-state index contributed by atoms with van der Waals surface area (Å²) in [6, 6.07) is 6.43. The Labute approximate surface area is 128 Å². The maximum absolute atomic E-state index is 10.8. The molecule has 0 atom stereocenters. The lowest BCUT2D eigenvalue weighted by Crippen LogP contribution is -2.07. The second-order valence-electron chi connectivity index (χ2n) is 5.28. The standard InChI is InChI=1S/C15H18N4O3/c1-22-10-14-13-4-2-3-9-16-15(13)18(17-14)11-5-7-12(8-6-11)19(20)21/h5-8,16H,2-4,9-10H2,1H3. The van der Waals surface area contributed by atoms with Crippen molar-refractivity contribution in [1.82, 2.24) is 9.78 Å². The van der Waals surface area contributed by atoms with E-state index >= 15 is 0 Å². The Bertz CT molecular complexity index is 679. The number of nitrogens with one attached hydrogen (secondary N) is 1. The first kappa shape index (κ1) is 14.5. The van der Waals surface area contributed by atoms with Gasteiger partial charge in [-0.1, -0.05) is 0 Å². The minimum atomic E-state index is -0.401. The highest BCUT2D eigenvalue weighted by Crippen LogP contribution is 2.29. The Morgan fingerprint density at radius 2 is 2.14 bits per heavy atom. The van der Waals surface area contributed by atoms with Gasteiger partial charge < -0.3 is 10.1 Å². The summed E-state index contributed by atoms with van der Waals surface area (Å²) < 4.78 is 7.06. The third-order valence-electron chi connectivity index (χ3n) is 3.80. The smallest absolute Gasteiger partial charge is 0.269 e. The van der Waals surface area contributed by atoms with E-state index in [0.29, 0.717) is 6.61 Å². The number of ether oxygens (including phenoxy) is 1. The molecule has 0 saturated carbocycles. The van der Waals surface area contributed by atoms with Crippen molar-refractivity contribution in [2.45, 2.75) is 25.9 Å². The van der Waals surface area contributed by atoms with Crippen molar-refractivity contribution < 1.29 is 9.66 Å². The highest BCUT2D eigenvalue weighted by Gasteiger charge is 2.20. The first-order chi connectivity index (χ1) is 10.7. The Balaban J connectivity index is 2.04. The van der Waals surface area contributed by atoms with E-state index in [1.165, 1.54) is 17.7 Å². The van der Waals surface area contributed by atoms with Crippen LogP contribution in [0.3, 0.4) is 0 Å². The van der Waals surface area contributed by atoms with Crippen LogP contribution in [0.4, 0.5) is 11.5 Å². The first-order valence-corrected chi connectivity index (χ1v) is 7.29. The van der Waals surface area contributed by atoms with Gasteiger partial charge in [-0.15, -0.1) is 0 Å². The third kappa shape index (κ3) is 2.67. The van der Waals surface area contributed by atoms with Crippen molar-refractivity contribution >= 4 is 11.5 Å². The van der Waals surface area contributed by atoms with Crippen LogP contribution in [-0.4, -0.2) is 28.4 Å². The van der Waals surface area contributed by atoms with E-state index in [-0.39, 0.29) is 5.69 Å². The summed E-state index contributed by atoms with van der Waals surface area (Å²) in [4.78, 5) is 10.4. The number of nitro benzene ring substituents is 1. The van der Waals surface area contributed by atoms with E-state index in [1.54, 1.807) is 19.2 Å². The molecular formula is C15H18N4O3. The molecule has 0 bridgehead atoms. The summed E-state index contributed by atoms with van der Waals surface area (Å²) >= 11 is 0. The molecule has 3 rings (SSSR count). The van der Waals surface area contributed by atoms with Gasteiger partial charge in [-0.25, -0.2) is 4.68 Å². The van der Waals surface area contributed by atoms with Gasteiger partial charge in [0.05, 0.1) is 22.9 Å². The van der Waals surface area contributed by atoms with E-state index in [2.05, 4.69) is 10.4 Å². The first-order valence-electron chi connectivity index (χ1n) is 7.29. The molecule has 7 nitrogen and oxygen atoms in total. The van der Waals surface area contributed by atoms with Crippen LogP contribution in [0.15, 0.2) is 24.3 Å². The summed E-state index contributed by atoms with van der Waals surface area (Å²) in [5, 5.41) is 18.8. The predicted octanol–water partition coefficient (Wildman–Crippen LogP) is 2.68. The van der Waals surface area contributed by atoms with Gasteiger partial charge in [0.1, 0.15) is 5.82 Å². The predicted molar refractivity (Wildman–Crippen MR) is 82.4 cm³/mol. The molecular weight excluding hydrogens is 284 g/mol. The molecule has 7 heteroatoms. The van der Waals surface area contributed by atoms with Gasteiger partial charge in [0.2, 0.25) is 0 Å². The zero-order valence-electron chi connectivity index (χ0n) is 12.4. The van der Waals surface area contributed by atoms with Crippen LogP contribution >= 0.6 is 0 Å². The SMILES string of the molecule is COCc1nn(-c2ccc([N+](=O)[O-])cc2)c2c1CCCCN2. The van der Waals surface area contributed by atoms with Crippen LogP contribution < -0.4 is 5.32 Å². The van der Waals surface area contributed by atoms with Gasteiger partial charge in [-0.3, -0.25) is 10.1 Å². The number of methoxy groups -OCH3 is 1. The summed E-state index contributed by atoms with van der Waals surface area (Å²) in [6.07, 6.45) is 3.19. The summed E-state index contributed by atoms with van der Waals surface area (Å²) in [5.41, 5.74) is 2.98. The van der Waals surface area contributed by atoms with Crippen LogP contribution in [0, 0.1) is 10.1 Å². The minimum absolute atomic E-state index is 0.0760. The second kappa shape index (κ2) is 6.15. The molecule has 1 N–H and O–H groups in total. The topological polar surface area (TPSA) is 82.2 Å². The van der Waals surface area contributed by atoms with Crippen LogP contribution in [-0.2, 0) is 17.8 Å². The van der Waals surface area contributed by atoms with Crippen LogP contribution in [0.1, 0.15) is 24.1 Å². The van der Waals surface area contributed by atoms with E-state index in [1.807, 2.05) is 4.68 Å². The van der Waals surface area contributed by atoms with Crippen molar-refractivity contribution in [2.24, 2.45) is 0 Å². The number of aromatic nitrogens is 2. The fourth-order valence-electron chi connectivity index (χ4n) is 2.73. The Morgan fingerprint density at radius 1 is 1.36 bits per heavy atom. The molecule has 1 aromatic heterocycles. The number of anilines is 1. The molecule has 2 aromatic rings. The number of benzene rings is 1. The fraction of sp³-hybridized carbons (Fsp3) is 0.400. The molecule has 0 spiro atoms. The maximum atomic E-state index is 10.8. The van der Waals surface area contributed by atoms with E-state index in [0.717, 1.165) is 43.0 Å². The second-order valence-corrected chi connectivity index (χ2v) is 5.28. The molecule has 1 aliphatic heterocycles. The highest BCUT2D eigenvalue weighted by molar-refractivity contribution is 5.55. The molecule has 0 unspecified atom stereocenters. The summed E-state index contributed by atoms with van der Waals surface area (Å²) in [5.74, 6) is 0.971. The third-order valence-corrected chi connectivity index (χ3v) is 3.80. The fourth-order valence-corrected chi connectivity index (χ4v) is 2.73. The zero-order chi connectivity index (χ0) is 15.5. The van der Waals surface area contributed by atoms with E-state index < -0.39 is 4.92 Å². The van der Waals surface area contributed by atoms with Crippen molar-refractivity contribution in [3.63, 3.8) is 0 Å². The van der Waals surface area contributed by atoms with Gasteiger partial charge in [0, 0.05) is 31.4 Å². The maximum Gasteiger partial charge on any atom is 0.269 e. The lowest BCUT2D eigenvalue weighted by Gasteiger charge is -2.09. The van der Waals surface area contributed by atoms with Gasteiger partial charge in [0.15, 0.2) is 0 Å². The lowest BCUT2D eigenvalue weighted by molar-refractivity contribution is -0.384. The number of nitrogens with zero attached hydrogens (tertiary/aromatic N) is 3. The average molecular weight is 302 g/mol. The molecule has 0 aliphatic carbocycles. The van der Waals surface area contributed by atoms with Gasteiger partial charge in [-0.05, 0) is 31.4 Å². The number of rotatable bonds is 4. The Hall–Kier alpha value is -2.41. The molecule has 22 heavy (non-hydrogen) atoms. The molecule has 0 radical (unpaired) electrons. The zero-order valence-corrected chi connectivity index (χ0v) is 12.4. The molecule has 0 fully saturated rings. The lowest BCUT2D eigenvalue weighted by atomic mass is 10.1. The number of fused-ring (bicyclic) bond motifs is 1. The highest BCUT2D eigenvalue weighted by atomic mass is 16.6. The van der Waals surface area contributed by atoms with Crippen molar-refractivity contribution in [1.29, 1.82) is 0 Å². The molecule has 116 valence electrons. The Morgan fingerprint density at radius 3 is 2.82 bits per heavy atom. The molecule has 1 aliphatic rings. The molecule has 1 aromatic carbocycles. The molecule has 2 heterocycles. The number of hydrogen-bond acceptors (Lipinski definition) is 5. The van der Waals surface area contributed by atoms with Gasteiger partial charge in [0.25, 0.3) is 5.69 Å². The molecule has 0 saturated heterocycles. The van der Waals surface area contributed by atoms with Gasteiger partial charge >= 0.3 is 0 Å². The number of nitro groups is 1. The quantitative estimate of drug-likeness (QED) is 0.693. The normalized spacial score (nSPS) is 14.0. The van der Waals surface area contributed by atoms with E-state index in [9.17, 15) is 10.1 Å². The number of non-ortho nitro benzene ring substituents is 1.